The Morgan fingerprint density at radius 1 is 1.31 bits per heavy atom. The minimum absolute atomic E-state index is 0.186. The largest absolute Gasteiger partial charge is 0.250 e. The van der Waals surface area contributed by atoms with Crippen molar-refractivity contribution in [1.29, 1.82) is 0 Å². The molecule has 3 atom stereocenters. The summed E-state index contributed by atoms with van der Waals surface area (Å²) in [6.07, 6.45) is 4.75. The highest BCUT2D eigenvalue weighted by atomic mass is 32.2. The molecule has 1 N–H and O–H groups in total. The molecule has 1 heterocycles. The minimum Gasteiger partial charge on any atom is -0.207 e. The summed E-state index contributed by atoms with van der Waals surface area (Å²) in [4.78, 5) is 0. The van der Waals surface area contributed by atoms with Gasteiger partial charge in [0.1, 0.15) is 4.21 Å². The third kappa shape index (κ3) is 1.81. The maximum atomic E-state index is 12.0. The predicted octanol–water partition coefficient (Wildman–Crippen LogP) is 2.21. The van der Waals surface area contributed by atoms with Crippen LogP contribution >= 0.6 is 11.3 Å². The molecule has 0 spiro atoms. The van der Waals surface area contributed by atoms with Crippen molar-refractivity contribution in [3.05, 3.63) is 17.5 Å². The fourth-order valence-electron chi connectivity index (χ4n) is 3.06. The van der Waals surface area contributed by atoms with E-state index in [2.05, 4.69) is 4.72 Å². The van der Waals surface area contributed by atoms with Gasteiger partial charge in [-0.2, -0.15) is 0 Å². The van der Waals surface area contributed by atoms with Gasteiger partial charge < -0.3 is 0 Å². The van der Waals surface area contributed by atoms with Gasteiger partial charge in [0.2, 0.25) is 10.0 Å². The summed E-state index contributed by atoms with van der Waals surface area (Å²) in [5.74, 6) is 1.35. The van der Waals surface area contributed by atoms with Crippen LogP contribution in [-0.2, 0) is 10.0 Å². The molecule has 1 aromatic heterocycles. The van der Waals surface area contributed by atoms with Crippen LogP contribution in [-0.4, -0.2) is 14.5 Å². The fraction of sp³-hybridized carbons (Fsp3) is 0.636. The quantitative estimate of drug-likeness (QED) is 0.902. The van der Waals surface area contributed by atoms with Gasteiger partial charge in [-0.1, -0.05) is 12.5 Å². The van der Waals surface area contributed by atoms with E-state index in [-0.39, 0.29) is 6.04 Å². The average molecular weight is 257 g/mol. The normalized spacial score (nSPS) is 33.4. The smallest absolute Gasteiger partial charge is 0.207 e. The second-order valence-electron chi connectivity index (χ2n) is 4.83. The Hall–Kier alpha value is -0.390. The van der Waals surface area contributed by atoms with E-state index < -0.39 is 10.0 Å². The number of hydrogen-bond donors (Lipinski definition) is 1. The van der Waals surface area contributed by atoms with Crippen molar-refractivity contribution in [3.63, 3.8) is 0 Å². The van der Waals surface area contributed by atoms with Crippen LogP contribution in [0.5, 0.6) is 0 Å². The summed E-state index contributed by atoms with van der Waals surface area (Å²) in [6.45, 7) is 0. The summed E-state index contributed by atoms with van der Waals surface area (Å²) in [7, 11) is -3.25. The van der Waals surface area contributed by atoms with Gasteiger partial charge in [-0.3, -0.25) is 0 Å². The monoisotopic (exact) mass is 257 g/mol. The Balaban J connectivity index is 1.76. The number of thiophene rings is 1. The maximum absolute atomic E-state index is 12.0. The Morgan fingerprint density at radius 3 is 2.75 bits per heavy atom. The van der Waals surface area contributed by atoms with Crippen LogP contribution in [0.3, 0.4) is 0 Å². The van der Waals surface area contributed by atoms with Crippen LogP contribution in [0, 0.1) is 11.8 Å². The molecule has 3 rings (SSSR count). The van der Waals surface area contributed by atoms with Gasteiger partial charge >= 0.3 is 0 Å². The van der Waals surface area contributed by atoms with Gasteiger partial charge in [-0.15, -0.1) is 11.3 Å². The standard InChI is InChI=1S/C11H15NO2S2/c13-16(14,11-2-1-5-15-11)12-10-7-8-3-4-9(10)6-8/h1-2,5,8-10,12H,3-4,6-7H2/t8-,9+,10+/m1/s1. The van der Waals surface area contributed by atoms with Crippen molar-refractivity contribution in [2.45, 2.75) is 35.9 Å². The van der Waals surface area contributed by atoms with Gasteiger partial charge in [0, 0.05) is 6.04 Å². The lowest BCUT2D eigenvalue weighted by atomic mass is 9.96. The predicted molar refractivity (Wildman–Crippen MR) is 63.9 cm³/mol. The summed E-state index contributed by atoms with van der Waals surface area (Å²) < 4.78 is 27.4. The molecule has 3 nitrogen and oxygen atoms in total. The molecule has 88 valence electrons. The van der Waals surface area contributed by atoms with Crippen LogP contribution in [0.4, 0.5) is 0 Å². The molecule has 5 heteroatoms. The van der Waals surface area contributed by atoms with E-state index in [1.54, 1.807) is 17.5 Å². The number of sulfonamides is 1. The highest BCUT2D eigenvalue weighted by Gasteiger charge is 2.41. The van der Waals surface area contributed by atoms with E-state index in [1.807, 2.05) is 0 Å². The van der Waals surface area contributed by atoms with E-state index in [0.717, 1.165) is 12.3 Å². The molecular formula is C11H15NO2S2. The van der Waals surface area contributed by atoms with Crippen molar-refractivity contribution in [1.82, 2.24) is 4.72 Å². The number of hydrogen-bond acceptors (Lipinski definition) is 3. The van der Waals surface area contributed by atoms with Crippen molar-refractivity contribution < 1.29 is 8.42 Å². The Bertz CT molecular complexity index is 466. The molecule has 0 aliphatic heterocycles. The summed E-state index contributed by atoms with van der Waals surface area (Å²) in [6, 6.07) is 3.63. The first-order chi connectivity index (χ1) is 7.65. The molecule has 1 aromatic rings. The first-order valence-electron chi connectivity index (χ1n) is 5.71. The van der Waals surface area contributed by atoms with E-state index in [9.17, 15) is 8.42 Å². The van der Waals surface area contributed by atoms with E-state index in [4.69, 9.17) is 0 Å². The molecule has 0 unspecified atom stereocenters. The highest BCUT2D eigenvalue weighted by molar-refractivity contribution is 7.91. The summed E-state index contributed by atoms with van der Waals surface area (Å²) in [5, 5.41) is 1.80. The van der Waals surface area contributed by atoms with E-state index >= 15 is 0 Å². The number of fused-ring (bicyclic) bond motifs is 2. The Labute approximate surface area is 99.9 Å². The van der Waals surface area contributed by atoms with Gasteiger partial charge in [0.25, 0.3) is 0 Å². The van der Waals surface area contributed by atoms with Crippen molar-refractivity contribution in [3.8, 4) is 0 Å². The van der Waals surface area contributed by atoms with Crippen molar-refractivity contribution in [2.75, 3.05) is 0 Å². The lowest BCUT2D eigenvalue weighted by molar-refractivity contribution is 0.390. The molecule has 2 bridgehead atoms. The first-order valence-corrected chi connectivity index (χ1v) is 8.07. The second-order valence-corrected chi connectivity index (χ2v) is 7.72. The SMILES string of the molecule is O=S(=O)(N[C@H]1C[C@@H]2CC[C@H]1C2)c1cccs1. The molecule has 16 heavy (non-hydrogen) atoms. The number of rotatable bonds is 3. The van der Waals surface area contributed by atoms with Gasteiger partial charge in [-0.25, -0.2) is 13.1 Å². The molecule has 2 aliphatic carbocycles. The maximum Gasteiger partial charge on any atom is 0.250 e. The fourth-order valence-corrected chi connectivity index (χ4v) is 5.39. The van der Waals surface area contributed by atoms with Crippen LogP contribution in [0.15, 0.2) is 21.7 Å². The topological polar surface area (TPSA) is 46.2 Å². The minimum atomic E-state index is -3.25. The Kier molecular flexibility index (Phi) is 2.57. The molecule has 2 saturated carbocycles. The summed E-state index contributed by atoms with van der Waals surface area (Å²) >= 11 is 1.28. The number of nitrogens with one attached hydrogen (secondary N) is 1. The average Bonchev–Trinajstić information content (AvgIpc) is 2.94. The third-order valence-electron chi connectivity index (χ3n) is 3.80. The van der Waals surface area contributed by atoms with Crippen LogP contribution in [0.1, 0.15) is 25.7 Å². The zero-order valence-electron chi connectivity index (χ0n) is 8.93. The van der Waals surface area contributed by atoms with Crippen molar-refractivity contribution in [2.24, 2.45) is 11.8 Å². The molecule has 0 radical (unpaired) electrons. The molecule has 0 amide bonds. The lowest BCUT2D eigenvalue weighted by Crippen LogP contribution is -2.38. The molecular weight excluding hydrogens is 242 g/mol. The highest BCUT2D eigenvalue weighted by Crippen LogP contribution is 2.44. The van der Waals surface area contributed by atoms with E-state index in [0.29, 0.717) is 10.1 Å². The van der Waals surface area contributed by atoms with Crippen LogP contribution in [0.2, 0.25) is 0 Å². The Morgan fingerprint density at radius 2 is 2.19 bits per heavy atom. The summed E-state index contributed by atoms with van der Waals surface area (Å²) in [5.41, 5.74) is 0. The van der Waals surface area contributed by atoms with Gasteiger partial charge in [0.05, 0.1) is 0 Å². The molecule has 0 aromatic carbocycles. The van der Waals surface area contributed by atoms with Crippen molar-refractivity contribution >= 4 is 21.4 Å². The van der Waals surface area contributed by atoms with E-state index in [1.165, 1.54) is 30.6 Å². The van der Waals surface area contributed by atoms with Gasteiger partial charge in [-0.05, 0) is 42.5 Å². The zero-order valence-corrected chi connectivity index (χ0v) is 10.6. The second kappa shape index (κ2) is 3.82. The lowest BCUT2D eigenvalue weighted by Gasteiger charge is -2.22. The first kappa shape index (κ1) is 10.7. The van der Waals surface area contributed by atoms with Gasteiger partial charge in [0.15, 0.2) is 0 Å². The van der Waals surface area contributed by atoms with Crippen LogP contribution < -0.4 is 4.72 Å². The molecule has 2 fully saturated rings. The zero-order chi connectivity index (χ0) is 11.2. The third-order valence-corrected chi connectivity index (χ3v) is 6.69. The van der Waals surface area contributed by atoms with Crippen LogP contribution in [0.25, 0.3) is 0 Å². The molecule has 2 aliphatic rings. The molecule has 0 saturated heterocycles.